The van der Waals surface area contributed by atoms with Crippen LogP contribution in [0.25, 0.3) is 0 Å². The van der Waals surface area contributed by atoms with Crippen molar-refractivity contribution >= 4 is 5.97 Å². The van der Waals surface area contributed by atoms with E-state index >= 15 is 0 Å². The van der Waals surface area contributed by atoms with Crippen LogP contribution in [-0.4, -0.2) is 21.2 Å². The van der Waals surface area contributed by atoms with Gasteiger partial charge in [0.25, 0.3) is 0 Å². The Bertz CT molecular complexity index is 314. The number of carbonyl (C=O) groups is 1. The highest BCUT2D eigenvalue weighted by molar-refractivity contribution is 5.74. The molecule has 1 aromatic heterocycles. The summed E-state index contributed by atoms with van der Waals surface area (Å²) in [7, 11) is 0. The second kappa shape index (κ2) is 3.97. The maximum atomic E-state index is 10.5. The van der Waals surface area contributed by atoms with Gasteiger partial charge in [0.15, 0.2) is 0 Å². The Hall–Kier alpha value is -1.46. The molecule has 5 heteroatoms. The summed E-state index contributed by atoms with van der Waals surface area (Å²) in [4.78, 5) is 14.3. The van der Waals surface area contributed by atoms with Crippen molar-refractivity contribution in [3.63, 3.8) is 0 Å². The summed E-state index contributed by atoms with van der Waals surface area (Å²) in [6.07, 6.45) is 1.42. The SMILES string of the molecule is NC(C(=O)O)c1cc(CO)ccn1. The van der Waals surface area contributed by atoms with Crippen LogP contribution in [0.1, 0.15) is 17.3 Å². The van der Waals surface area contributed by atoms with Crippen LogP contribution in [0.2, 0.25) is 0 Å². The van der Waals surface area contributed by atoms with E-state index in [2.05, 4.69) is 4.98 Å². The van der Waals surface area contributed by atoms with E-state index in [0.717, 1.165) is 0 Å². The van der Waals surface area contributed by atoms with Crippen LogP contribution in [0.5, 0.6) is 0 Å². The van der Waals surface area contributed by atoms with Gasteiger partial charge in [-0.15, -0.1) is 0 Å². The van der Waals surface area contributed by atoms with Crippen molar-refractivity contribution < 1.29 is 15.0 Å². The molecule has 1 heterocycles. The zero-order valence-corrected chi connectivity index (χ0v) is 6.84. The molecule has 1 rings (SSSR count). The highest BCUT2D eigenvalue weighted by atomic mass is 16.4. The first-order valence-electron chi connectivity index (χ1n) is 3.69. The van der Waals surface area contributed by atoms with Gasteiger partial charge in [0.1, 0.15) is 6.04 Å². The second-order valence-corrected chi connectivity index (χ2v) is 2.56. The van der Waals surface area contributed by atoms with Gasteiger partial charge in [0.2, 0.25) is 0 Å². The fourth-order valence-corrected chi connectivity index (χ4v) is 0.889. The summed E-state index contributed by atoms with van der Waals surface area (Å²) in [6, 6.07) is 1.93. The zero-order chi connectivity index (χ0) is 9.84. The van der Waals surface area contributed by atoms with E-state index in [9.17, 15) is 4.79 Å². The number of aliphatic hydroxyl groups is 1. The van der Waals surface area contributed by atoms with E-state index in [0.29, 0.717) is 5.56 Å². The number of hydrogen-bond acceptors (Lipinski definition) is 4. The van der Waals surface area contributed by atoms with Crippen molar-refractivity contribution in [1.82, 2.24) is 4.98 Å². The third kappa shape index (κ3) is 2.24. The molecule has 1 atom stereocenters. The Balaban J connectivity index is 2.94. The van der Waals surface area contributed by atoms with Gasteiger partial charge in [-0.25, -0.2) is 0 Å². The third-order valence-electron chi connectivity index (χ3n) is 1.61. The number of carboxylic acid groups (broad SMARTS) is 1. The van der Waals surface area contributed by atoms with Crippen molar-refractivity contribution in [3.8, 4) is 0 Å². The predicted molar refractivity (Wildman–Crippen MR) is 44.7 cm³/mol. The van der Waals surface area contributed by atoms with Gasteiger partial charge in [0, 0.05) is 6.20 Å². The molecule has 1 unspecified atom stereocenters. The van der Waals surface area contributed by atoms with Crippen LogP contribution in [0.3, 0.4) is 0 Å². The first-order chi connectivity index (χ1) is 6.15. The number of aliphatic carboxylic acids is 1. The highest BCUT2D eigenvalue weighted by Crippen LogP contribution is 2.09. The first kappa shape index (κ1) is 9.63. The van der Waals surface area contributed by atoms with Crippen LogP contribution in [0.15, 0.2) is 18.3 Å². The molecule has 0 saturated carbocycles. The largest absolute Gasteiger partial charge is 0.480 e. The van der Waals surface area contributed by atoms with E-state index in [1.54, 1.807) is 6.07 Å². The smallest absolute Gasteiger partial charge is 0.326 e. The summed E-state index contributed by atoms with van der Waals surface area (Å²) >= 11 is 0. The van der Waals surface area contributed by atoms with Crippen LogP contribution in [0.4, 0.5) is 0 Å². The fourth-order valence-electron chi connectivity index (χ4n) is 0.889. The third-order valence-corrected chi connectivity index (χ3v) is 1.61. The van der Waals surface area contributed by atoms with Crippen molar-refractivity contribution in [2.24, 2.45) is 5.73 Å². The highest BCUT2D eigenvalue weighted by Gasteiger charge is 2.15. The number of rotatable bonds is 3. The monoisotopic (exact) mass is 182 g/mol. The molecule has 0 aliphatic heterocycles. The Labute approximate surface area is 74.8 Å². The Kier molecular flexibility index (Phi) is 2.94. The van der Waals surface area contributed by atoms with Crippen LogP contribution >= 0.6 is 0 Å². The molecule has 0 aliphatic carbocycles. The number of nitrogens with zero attached hydrogens (tertiary/aromatic N) is 1. The molecule has 0 spiro atoms. The molecular weight excluding hydrogens is 172 g/mol. The summed E-state index contributed by atoms with van der Waals surface area (Å²) in [5.74, 6) is -1.14. The maximum absolute atomic E-state index is 10.5. The minimum atomic E-state index is -1.14. The number of aliphatic hydroxyl groups excluding tert-OH is 1. The summed E-state index contributed by atoms with van der Waals surface area (Å²) in [5, 5.41) is 17.3. The quantitative estimate of drug-likeness (QED) is 0.594. The summed E-state index contributed by atoms with van der Waals surface area (Å²) in [5.41, 5.74) is 6.17. The molecule has 4 N–H and O–H groups in total. The Morgan fingerprint density at radius 1 is 1.69 bits per heavy atom. The molecule has 0 saturated heterocycles. The van der Waals surface area contributed by atoms with Crippen molar-refractivity contribution in [2.45, 2.75) is 12.6 Å². The molecule has 0 bridgehead atoms. The van der Waals surface area contributed by atoms with E-state index in [-0.39, 0.29) is 12.3 Å². The number of nitrogens with two attached hydrogens (primary N) is 1. The average molecular weight is 182 g/mol. The first-order valence-corrected chi connectivity index (χ1v) is 3.69. The maximum Gasteiger partial charge on any atom is 0.326 e. The van der Waals surface area contributed by atoms with Crippen molar-refractivity contribution in [1.29, 1.82) is 0 Å². The Morgan fingerprint density at radius 3 is 2.92 bits per heavy atom. The van der Waals surface area contributed by atoms with Gasteiger partial charge in [-0.05, 0) is 17.7 Å². The topological polar surface area (TPSA) is 96.4 Å². The molecule has 5 nitrogen and oxygen atoms in total. The van der Waals surface area contributed by atoms with Gasteiger partial charge < -0.3 is 15.9 Å². The van der Waals surface area contributed by atoms with Crippen molar-refractivity contribution in [3.05, 3.63) is 29.6 Å². The van der Waals surface area contributed by atoms with Gasteiger partial charge >= 0.3 is 5.97 Å². The molecule has 0 aliphatic rings. The lowest BCUT2D eigenvalue weighted by molar-refractivity contribution is -0.138. The predicted octanol–water partition coefficient (Wildman–Crippen LogP) is -0.342. The lowest BCUT2D eigenvalue weighted by atomic mass is 10.1. The molecule has 1 aromatic rings. The van der Waals surface area contributed by atoms with Gasteiger partial charge in [-0.3, -0.25) is 9.78 Å². The molecule has 0 amide bonds. The minimum absolute atomic E-state index is 0.151. The molecule has 70 valence electrons. The number of carboxylic acids is 1. The lowest BCUT2D eigenvalue weighted by Crippen LogP contribution is -2.21. The van der Waals surface area contributed by atoms with Crippen LogP contribution in [-0.2, 0) is 11.4 Å². The van der Waals surface area contributed by atoms with Crippen LogP contribution < -0.4 is 5.73 Å². The lowest BCUT2D eigenvalue weighted by Gasteiger charge is -2.06. The average Bonchev–Trinajstić information content (AvgIpc) is 2.16. The minimum Gasteiger partial charge on any atom is -0.480 e. The van der Waals surface area contributed by atoms with E-state index in [1.165, 1.54) is 12.3 Å². The fraction of sp³-hybridized carbons (Fsp3) is 0.250. The van der Waals surface area contributed by atoms with E-state index in [4.69, 9.17) is 15.9 Å². The molecule has 0 aromatic carbocycles. The number of pyridine rings is 1. The van der Waals surface area contributed by atoms with E-state index in [1.807, 2.05) is 0 Å². The molecular formula is C8H10N2O3. The molecule has 0 radical (unpaired) electrons. The standard InChI is InChI=1S/C8H10N2O3/c9-7(8(12)13)6-3-5(4-11)1-2-10-6/h1-3,7,11H,4,9H2,(H,12,13). The van der Waals surface area contributed by atoms with Gasteiger partial charge in [-0.1, -0.05) is 0 Å². The number of aromatic nitrogens is 1. The Morgan fingerprint density at radius 2 is 2.38 bits per heavy atom. The van der Waals surface area contributed by atoms with Crippen molar-refractivity contribution in [2.75, 3.05) is 0 Å². The summed E-state index contributed by atoms with van der Waals surface area (Å²) < 4.78 is 0. The second-order valence-electron chi connectivity index (χ2n) is 2.56. The normalized spacial score (nSPS) is 12.5. The molecule has 0 fully saturated rings. The van der Waals surface area contributed by atoms with E-state index < -0.39 is 12.0 Å². The summed E-state index contributed by atoms with van der Waals surface area (Å²) in [6.45, 7) is -0.151. The zero-order valence-electron chi connectivity index (χ0n) is 6.84. The number of hydrogen-bond donors (Lipinski definition) is 3. The molecule has 13 heavy (non-hydrogen) atoms. The van der Waals surface area contributed by atoms with Gasteiger partial charge in [-0.2, -0.15) is 0 Å². The van der Waals surface area contributed by atoms with Crippen LogP contribution in [0, 0.1) is 0 Å². The van der Waals surface area contributed by atoms with Gasteiger partial charge in [0.05, 0.1) is 12.3 Å².